The van der Waals surface area contributed by atoms with Gasteiger partial charge in [0, 0.05) is 37.8 Å². The zero-order valence-corrected chi connectivity index (χ0v) is 12.3. The van der Waals surface area contributed by atoms with E-state index in [1.54, 1.807) is 0 Å². The van der Waals surface area contributed by atoms with Gasteiger partial charge in [-0.15, -0.1) is 0 Å². The maximum absolute atomic E-state index is 3.54. The Bertz CT molecular complexity index is 445. The van der Waals surface area contributed by atoms with Crippen molar-refractivity contribution < 1.29 is 0 Å². The Morgan fingerprint density at radius 3 is 2.74 bits per heavy atom. The zero-order chi connectivity index (χ0) is 13.4. The summed E-state index contributed by atoms with van der Waals surface area (Å²) in [6.07, 6.45) is 1.19. The lowest BCUT2D eigenvalue weighted by Crippen LogP contribution is -2.56. The molecule has 1 N–H and O–H groups in total. The summed E-state index contributed by atoms with van der Waals surface area (Å²) >= 11 is 0. The van der Waals surface area contributed by atoms with E-state index in [-0.39, 0.29) is 0 Å². The summed E-state index contributed by atoms with van der Waals surface area (Å²) in [5, 5.41) is 3.54. The molecule has 3 unspecified atom stereocenters. The van der Waals surface area contributed by atoms with Crippen LogP contribution in [0.2, 0.25) is 0 Å². The monoisotopic (exact) mass is 259 g/mol. The van der Waals surface area contributed by atoms with Crippen LogP contribution in [0, 0.1) is 0 Å². The molecule has 0 bridgehead atoms. The second-order valence-corrected chi connectivity index (χ2v) is 6.09. The molecule has 1 saturated heterocycles. The van der Waals surface area contributed by atoms with Crippen molar-refractivity contribution in [1.82, 2.24) is 15.1 Å². The standard InChI is InChI=1S/C16H25N3/c1-12-11-18(3)8-9-19(12)15-10-13-6-4-5-7-14(13)16(15)17-2/h4-7,12,15-17H,8-11H2,1-3H3. The van der Waals surface area contributed by atoms with E-state index in [1.807, 2.05) is 0 Å². The molecule has 1 fully saturated rings. The third kappa shape index (κ3) is 2.31. The third-order valence-corrected chi connectivity index (χ3v) is 4.82. The van der Waals surface area contributed by atoms with Gasteiger partial charge in [-0.05, 0) is 38.6 Å². The van der Waals surface area contributed by atoms with Gasteiger partial charge in [-0.25, -0.2) is 0 Å². The normalized spacial score (nSPS) is 32.5. The number of hydrogen-bond acceptors (Lipinski definition) is 3. The zero-order valence-electron chi connectivity index (χ0n) is 12.3. The van der Waals surface area contributed by atoms with Crippen LogP contribution in [0.4, 0.5) is 0 Å². The van der Waals surface area contributed by atoms with Crippen LogP contribution in [-0.2, 0) is 6.42 Å². The molecule has 2 aliphatic rings. The second kappa shape index (κ2) is 5.23. The van der Waals surface area contributed by atoms with Gasteiger partial charge >= 0.3 is 0 Å². The first-order valence-corrected chi connectivity index (χ1v) is 7.40. The van der Waals surface area contributed by atoms with Crippen LogP contribution in [0.1, 0.15) is 24.1 Å². The van der Waals surface area contributed by atoms with E-state index < -0.39 is 0 Å². The summed E-state index contributed by atoms with van der Waals surface area (Å²) in [6, 6.07) is 10.7. The van der Waals surface area contributed by atoms with E-state index in [2.05, 4.69) is 60.4 Å². The van der Waals surface area contributed by atoms with Gasteiger partial charge in [-0.1, -0.05) is 24.3 Å². The number of rotatable bonds is 2. The summed E-state index contributed by atoms with van der Waals surface area (Å²) in [7, 11) is 4.33. The molecule has 0 saturated carbocycles. The first-order chi connectivity index (χ1) is 9.20. The van der Waals surface area contributed by atoms with Crippen LogP contribution >= 0.6 is 0 Å². The van der Waals surface area contributed by atoms with Gasteiger partial charge in [0.2, 0.25) is 0 Å². The molecule has 3 heteroatoms. The molecule has 3 nitrogen and oxygen atoms in total. The number of nitrogens with zero attached hydrogens (tertiary/aromatic N) is 2. The van der Waals surface area contributed by atoms with Crippen LogP contribution in [0.3, 0.4) is 0 Å². The van der Waals surface area contributed by atoms with Crippen LogP contribution in [-0.4, -0.2) is 55.6 Å². The van der Waals surface area contributed by atoms with Gasteiger partial charge in [0.1, 0.15) is 0 Å². The lowest BCUT2D eigenvalue weighted by atomic mass is 10.0. The molecule has 0 spiro atoms. The lowest BCUT2D eigenvalue weighted by Gasteiger charge is -2.43. The molecule has 0 aromatic heterocycles. The van der Waals surface area contributed by atoms with E-state index in [4.69, 9.17) is 0 Å². The minimum Gasteiger partial charge on any atom is -0.312 e. The maximum Gasteiger partial charge on any atom is 0.0481 e. The number of hydrogen-bond donors (Lipinski definition) is 1. The maximum atomic E-state index is 3.54. The quantitative estimate of drug-likeness (QED) is 0.868. The van der Waals surface area contributed by atoms with Crippen molar-refractivity contribution in [3.8, 4) is 0 Å². The summed E-state index contributed by atoms with van der Waals surface area (Å²) in [4.78, 5) is 5.15. The number of likely N-dealkylation sites (N-methyl/N-ethyl adjacent to an activating group) is 2. The van der Waals surface area contributed by atoms with Crippen LogP contribution in [0.5, 0.6) is 0 Å². The number of fused-ring (bicyclic) bond motifs is 1. The Kier molecular flexibility index (Phi) is 3.61. The minimum atomic E-state index is 0.488. The van der Waals surface area contributed by atoms with E-state index in [0.29, 0.717) is 18.1 Å². The van der Waals surface area contributed by atoms with Gasteiger partial charge in [0.25, 0.3) is 0 Å². The first kappa shape index (κ1) is 13.1. The van der Waals surface area contributed by atoms with Gasteiger partial charge < -0.3 is 10.2 Å². The van der Waals surface area contributed by atoms with E-state index >= 15 is 0 Å². The van der Waals surface area contributed by atoms with E-state index in [1.165, 1.54) is 37.2 Å². The minimum absolute atomic E-state index is 0.488. The first-order valence-electron chi connectivity index (χ1n) is 7.40. The molecule has 1 aromatic carbocycles. The van der Waals surface area contributed by atoms with Crippen molar-refractivity contribution in [1.29, 1.82) is 0 Å². The Labute approximate surface area is 116 Å². The molecular weight excluding hydrogens is 234 g/mol. The van der Waals surface area contributed by atoms with Crippen LogP contribution in [0.25, 0.3) is 0 Å². The second-order valence-electron chi connectivity index (χ2n) is 6.09. The molecular formula is C16H25N3. The van der Waals surface area contributed by atoms with Crippen molar-refractivity contribution in [2.24, 2.45) is 0 Å². The molecule has 1 aliphatic carbocycles. The summed E-state index contributed by atoms with van der Waals surface area (Å²) in [6.45, 7) is 5.93. The van der Waals surface area contributed by atoms with Crippen LogP contribution < -0.4 is 5.32 Å². The van der Waals surface area contributed by atoms with Crippen LogP contribution in [0.15, 0.2) is 24.3 Å². The predicted octanol–water partition coefficient (Wildman–Crippen LogP) is 1.51. The van der Waals surface area contributed by atoms with Crippen molar-refractivity contribution >= 4 is 0 Å². The smallest absolute Gasteiger partial charge is 0.0481 e. The Morgan fingerprint density at radius 1 is 1.21 bits per heavy atom. The fourth-order valence-electron chi connectivity index (χ4n) is 3.88. The number of piperazine rings is 1. The molecule has 3 atom stereocenters. The molecule has 19 heavy (non-hydrogen) atoms. The van der Waals surface area contributed by atoms with Gasteiger partial charge in [-0.3, -0.25) is 4.90 Å². The average Bonchev–Trinajstić information content (AvgIpc) is 2.76. The Balaban J connectivity index is 1.83. The highest BCUT2D eigenvalue weighted by Gasteiger charge is 2.38. The summed E-state index contributed by atoms with van der Waals surface area (Å²) in [5.74, 6) is 0. The average molecular weight is 259 g/mol. The van der Waals surface area contributed by atoms with E-state index in [0.717, 1.165) is 0 Å². The SMILES string of the molecule is CNC1c2ccccc2CC1N1CCN(C)CC1C. The fourth-order valence-corrected chi connectivity index (χ4v) is 3.88. The molecule has 1 aromatic rings. The highest BCUT2D eigenvalue weighted by molar-refractivity contribution is 5.37. The Hall–Kier alpha value is -0.900. The highest BCUT2D eigenvalue weighted by atomic mass is 15.3. The van der Waals surface area contributed by atoms with Crippen molar-refractivity contribution in [2.75, 3.05) is 33.7 Å². The van der Waals surface area contributed by atoms with Crippen molar-refractivity contribution in [3.05, 3.63) is 35.4 Å². The molecule has 1 aliphatic heterocycles. The number of nitrogens with one attached hydrogen (secondary N) is 1. The summed E-state index contributed by atoms with van der Waals surface area (Å²) in [5.41, 5.74) is 3.03. The molecule has 104 valence electrons. The van der Waals surface area contributed by atoms with Gasteiger partial charge in [0.05, 0.1) is 0 Å². The van der Waals surface area contributed by atoms with Crippen molar-refractivity contribution in [3.63, 3.8) is 0 Å². The molecule has 3 rings (SSSR count). The third-order valence-electron chi connectivity index (χ3n) is 4.82. The Morgan fingerprint density at radius 2 is 2.00 bits per heavy atom. The van der Waals surface area contributed by atoms with Gasteiger partial charge in [-0.2, -0.15) is 0 Å². The molecule has 0 amide bonds. The number of benzene rings is 1. The fraction of sp³-hybridized carbons (Fsp3) is 0.625. The topological polar surface area (TPSA) is 18.5 Å². The van der Waals surface area contributed by atoms with E-state index in [9.17, 15) is 0 Å². The van der Waals surface area contributed by atoms with Crippen molar-refractivity contribution in [2.45, 2.75) is 31.5 Å². The highest BCUT2D eigenvalue weighted by Crippen LogP contribution is 2.35. The summed E-state index contributed by atoms with van der Waals surface area (Å²) < 4.78 is 0. The largest absolute Gasteiger partial charge is 0.312 e. The predicted molar refractivity (Wildman–Crippen MR) is 79.4 cm³/mol. The lowest BCUT2D eigenvalue weighted by molar-refractivity contribution is 0.0508. The molecule has 0 radical (unpaired) electrons. The van der Waals surface area contributed by atoms with Gasteiger partial charge in [0.15, 0.2) is 0 Å². The molecule has 1 heterocycles.